The van der Waals surface area contributed by atoms with Gasteiger partial charge >= 0.3 is 6.09 Å². The van der Waals surface area contributed by atoms with Crippen molar-refractivity contribution in [2.45, 2.75) is 64.0 Å². The molecule has 2 N–H and O–H groups in total. The Kier molecular flexibility index (Phi) is 7.25. The first-order valence-electron chi connectivity index (χ1n) is 12.7. The summed E-state index contributed by atoms with van der Waals surface area (Å²) in [5, 5.41) is 10.6. The van der Waals surface area contributed by atoms with Gasteiger partial charge in [-0.3, -0.25) is 4.79 Å². The number of carbonyl (C=O) groups is 2. The van der Waals surface area contributed by atoms with Crippen molar-refractivity contribution in [1.29, 1.82) is 0 Å². The molecule has 8 heteroatoms. The van der Waals surface area contributed by atoms with Gasteiger partial charge in [-0.05, 0) is 48.8 Å². The van der Waals surface area contributed by atoms with Gasteiger partial charge in [0, 0.05) is 12.5 Å². The van der Waals surface area contributed by atoms with Crippen molar-refractivity contribution in [3.05, 3.63) is 65.6 Å². The lowest BCUT2D eigenvalue weighted by molar-refractivity contribution is -0.122. The van der Waals surface area contributed by atoms with Gasteiger partial charge in [0.2, 0.25) is 5.91 Å². The highest BCUT2D eigenvalue weighted by Gasteiger charge is 2.29. The van der Waals surface area contributed by atoms with Crippen LogP contribution in [-0.2, 0) is 22.6 Å². The van der Waals surface area contributed by atoms with Gasteiger partial charge in [0.25, 0.3) is 0 Å². The lowest BCUT2D eigenvalue weighted by atomic mass is 9.90. The van der Waals surface area contributed by atoms with E-state index in [4.69, 9.17) is 9.72 Å². The van der Waals surface area contributed by atoms with Crippen molar-refractivity contribution in [1.82, 2.24) is 25.2 Å². The first-order valence-corrected chi connectivity index (χ1v) is 12.7. The first kappa shape index (κ1) is 23.3. The highest BCUT2D eigenvalue weighted by Crippen LogP contribution is 2.33. The summed E-state index contributed by atoms with van der Waals surface area (Å²) in [6.45, 7) is 0.969. The number of imidazole rings is 1. The molecule has 0 radical (unpaired) electrons. The van der Waals surface area contributed by atoms with E-state index in [1.54, 1.807) is 4.52 Å². The Morgan fingerprint density at radius 2 is 1.91 bits per heavy atom. The van der Waals surface area contributed by atoms with Crippen molar-refractivity contribution in [2.24, 2.45) is 11.8 Å². The Morgan fingerprint density at radius 1 is 1.11 bits per heavy atom. The standard InChI is InChI=1S/C27H33N5O3/c33-26-22(12-13-28-26)14-20-15-24-30-23(17-32(24)29-16-20)25(21-10-6-1-2-7-11-21)31-27(34)35-18-19-8-4-3-5-9-19/h3-5,8-9,15-17,21-22,25H,1-2,6-7,10-14,18H2,(H,28,33)(H,31,34)/t22?,25-/m0/s1. The SMILES string of the molecule is O=C(N[C@H](c1cn2ncc(CC3CCNC3=O)cc2n1)C1CCCCCC1)OCc1ccccc1. The minimum absolute atomic E-state index is 0.00604. The van der Waals surface area contributed by atoms with Gasteiger partial charge in [0.05, 0.1) is 24.1 Å². The lowest BCUT2D eigenvalue weighted by Gasteiger charge is -2.25. The molecule has 1 saturated carbocycles. The van der Waals surface area contributed by atoms with Crippen LogP contribution in [0.25, 0.3) is 5.65 Å². The summed E-state index contributed by atoms with van der Waals surface area (Å²) < 4.78 is 7.30. The van der Waals surface area contributed by atoms with E-state index in [1.165, 1.54) is 12.8 Å². The third-order valence-corrected chi connectivity index (χ3v) is 7.22. The van der Waals surface area contributed by atoms with Crippen LogP contribution in [0.1, 0.15) is 67.8 Å². The number of carbonyl (C=O) groups excluding carboxylic acids is 2. The number of alkyl carbamates (subject to hydrolysis) is 1. The molecule has 1 saturated heterocycles. The number of aromatic nitrogens is 3. The molecule has 2 amide bonds. The molecule has 5 rings (SSSR count). The van der Waals surface area contributed by atoms with Gasteiger partial charge in [-0.1, -0.05) is 56.0 Å². The molecule has 3 heterocycles. The largest absolute Gasteiger partial charge is 0.445 e. The number of nitrogens with one attached hydrogen (secondary N) is 2. The van der Waals surface area contributed by atoms with E-state index in [-0.39, 0.29) is 24.5 Å². The van der Waals surface area contributed by atoms with Crippen molar-refractivity contribution in [3.63, 3.8) is 0 Å². The number of hydrogen-bond acceptors (Lipinski definition) is 5. The summed E-state index contributed by atoms with van der Waals surface area (Å²) in [5.74, 6) is 0.405. The van der Waals surface area contributed by atoms with Crippen LogP contribution in [0.3, 0.4) is 0 Å². The maximum atomic E-state index is 12.8. The summed E-state index contributed by atoms with van der Waals surface area (Å²) in [4.78, 5) is 29.7. The predicted molar refractivity (Wildman–Crippen MR) is 132 cm³/mol. The highest BCUT2D eigenvalue weighted by atomic mass is 16.5. The second kappa shape index (κ2) is 10.9. The van der Waals surface area contributed by atoms with E-state index in [1.807, 2.05) is 48.8 Å². The van der Waals surface area contributed by atoms with Crippen molar-refractivity contribution < 1.29 is 14.3 Å². The second-order valence-electron chi connectivity index (χ2n) is 9.75. The van der Waals surface area contributed by atoms with Crippen LogP contribution in [0.2, 0.25) is 0 Å². The van der Waals surface area contributed by atoms with Crippen LogP contribution in [0, 0.1) is 11.8 Å². The van der Waals surface area contributed by atoms with Crippen LogP contribution < -0.4 is 10.6 Å². The molecule has 0 bridgehead atoms. The Hall–Kier alpha value is -3.42. The molecule has 2 atom stereocenters. The minimum atomic E-state index is -0.430. The third-order valence-electron chi connectivity index (χ3n) is 7.22. The molecular weight excluding hydrogens is 442 g/mol. The number of amides is 2. The third kappa shape index (κ3) is 5.81. The van der Waals surface area contributed by atoms with Crippen molar-refractivity contribution in [2.75, 3.05) is 6.54 Å². The molecule has 1 aliphatic heterocycles. The van der Waals surface area contributed by atoms with Gasteiger partial charge in [-0.25, -0.2) is 14.3 Å². The van der Waals surface area contributed by atoms with E-state index < -0.39 is 6.09 Å². The zero-order chi connectivity index (χ0) is 24.0. The van der Waals surface area contributed by atoms with Gasteiger partial charge in [0.1, 0.15) is 6.61 Å². The Morgan fingerprint density at radius 3 is 2.66 bits per heavy atom. The molecule has 35 heavy (non-hydrogen) atoms. The fraction of sp³-hybridized carbons (Fsp3) is 0.481. The van der Waals surface area contributed by atoms with Crippen LogP contribution in [0.15, 0.2) is 48.8 Å². The summed E-state index contributed by atoms with van der Waals surface area (Å²) in [5.41, 5.74) is 3.48. The van der Waals surface area contributed by atoms with Crippen molar-refractivity contribution >= 4 is 17.6 Å². The van der Waals surface area contributed by atoms with Crippen LogP contribution in [0.5, 0.6) is 0 Å². The van der Waals surface area contributed by atoms with E-state index >= 15 is 0 Å². The molecule has 2 aliphatic rings. The fourth-order valence-electron chi connectivity index (χ4n) is 5.29. The molecule has 2 aromatic heterocycles. The minimum Gasteiger partial charge on any atom is -0.445 e. The van der Waals surface area contributed by atoms with Crippen LogP contribution in [-0.4, -0.2) is 33.1 Å². The van der Waals surface area contributed by atoms with Crippen LogP contribution >= 0.6 is 0 Å². The molecule has 184 valence electrons. The Balaban J connectivity index is 1.34. The Labute approximate surface area is 205 Å². The number of ether oxygens (including phenoxy) is 1. The van der Waals surface area contributed by atoms with Gasteiger partial charge in [0.15, 0.2) is 5.65 Å². The van der Waals surface area contributed by atoms with Gasteiger partial charge in [-0.2, -0.15) is 5.10 Å². The molecule has 1 unspecified atom stereocenters. The number of nitrogens with zero attached hydrogens (tertiary/aromatic N) is 3. The average Bonchev–Trinajstić information content (AvgIpc) is 3.37. The summed E-state index contributed by atoms with van der Waals surface area (Å²) >= 11 is 0. The zero-order valence-electron chi connectivity index (χ0n) is 20.0. The summed E-state index contributed by atoms with van der Waals surface area (Å²) in [7, 11) is 0. The number of rotatable bonds is 7. The molecule has 1 aromatic carbocycles. The summed E-state index contributed by atoms with van der Waals surface area (Å²) in [6.07, 6.45) is 11.7. The predicted octanol–water partition coefficient (Wildman–Crippen LogP) is 4.35. The van der Waals surface area contributed by atoms with E-state index in [0.29, 0.717) is 12.3 Å². The van der Waals surface area contributed by atoms with Crippen molar-refractivity contribution in [3.8, 4) is 0 Å². The average molecular weight is 476 g/mol. The molecule has 3 aromatic rings. The number of hydrogen-bond donors (Lipinski definition) is 2. The maximum absolute atomic E-state index is 12.8. The smallest absolute Gasteiger partial charge is 0.408 e. The molecule has 2 fully saturated rings. The van der Waals surface area contributed by atoms with E-state index in [9.17, 15) is 9.59 Å². The first-order chi connectivity index (χ1) is 17.2. The maximum Gasteiger partial charge on any atom is 0.408 e. The van der Waals surface area contributed by atoms with Gasteiger partial charge < -0.3 is 15.4 Å². The molecule has 8 nitrogen and oxygen atoms in total. The summed E-state index contributed by atoms with van der Waals surface area (Å²) in [6, 6.07) is 11.5. The quantitative estimate of drug-likeness (QED) is 0.495. The Bertz CT molecular complexity index is 1150. The molecular formula is C27H33N5O3. The zero-order valence-corrected chi connectivity index (χ0v) is 20.0. The van der Waals surface area contributed by atoms with Gasteiger partial charge in [-0.15, -0.1) is 0 Å². The second-order valence-corrected chi connectivity index (χ2v) is 9.75. The van der Waals surface area contributed by atoms with Crippen LogP contribution in [0.4, 0.5) is 4.79 Å². The number of fused-ring (bicyclic) bond motifs is 1. The fourth-order valence-corrected chi connectivity index (χ4v) is 5.29. The lowest BCUT2D eigenvalue weighted by Crippen LogP contribution is -2.34. The van der Waals surface area contributed by atoms with E-state index in [0.717, 1.165) is 61.1 Å². The molecule has 0 spiro atoms. The topological polar surface area (TPSA) is 97.6 Å². The normalized spacial score (nSPS) is 19.8. The van der Waals surface area contributed by atoms with E-state index in [2.05, 4.69) is 15.7 Å². The highest BCUT2D eigenvalue weighted by molar-refractivity contribution is 5.80. The molecule has 1 aliphatic carbocycles. The number of benzene rings is 1. The monoisotopic (exact) mass is 475 g/mol.